The zero-order chi connectivity index (χ0) is 13.0. The molecular formula is C10H12F2N2O3. The number of aromatic nitrogens is 1. The topological polar surface area (TPSA) is 74.4 Å². The van der Waals surface area contributed by atoms with Gasteiger partial charge < -0.3 is 15.2 Å². The molecule has 5 nitrogen and oxygen atoms in total. The molecule has 0 aliphatic rings. The van der Waals surface area contributed by atoms with Crippen LogP contribution < -0.4 is 10.5 Å². The summed E-state index contributed by atoms with van der Waals surface area (Å²) >= 11 is 0. The van der Waals surface area contributed by atoms with Crippen molar-refractivity contribution in [2.75, 3.05) is 14.2 Å². The molecule has 94 valence electrons. The fourth-order valence-corrected chi connectivity index (χ4v) is 1.31. The Hall–Kier alpha value is -1.76. The van der Waals surface area contributed by atoms with E-state index in [1.54, 1.807) is 0 Å². The predicted molar refractivity (Wildman–Crippen MR) is 55.0 cm³/mol. The second-order valence-electron chi connectivity index (χ2n) is 3.08. The van der Waals surface area contributed by atoms with Crippen LogP contribution in [0.15, 0.2) is 6.07 Å². The number of hydrogen-bond acceptors (Lipinski definition) is 5. The number of hydrogen-bond donors (Lipinski definition) is 1. The van der Waals surface area contributed by atoms with Crippen molar-refractivity contribution in [3.63, 3.8) is 0 Å². The maximum Gasteiger partial charge on any atom is 0.343 e. The molecule has 1 rings (SSSR count). The number of carbonyl (C=O) groups excluding carboxylic acids is 1. The van der Waals surface area contributed by atoms with Crippen molar-refractivity contribution in [2.24, 2.45) is 5.73 Å². The number of pyridine rings is 1. The molecule has 17 heavy (non-hydrogen) atoms. The normalized spacial score (nSPS) is 10.5. The smallest absolute Gasteiger partial charge is 0.343 e. The number of rotatable bonds is 4. The first kappa shape index (κ1) is 13.3. The second-order valence-corrected chi connectivity index (χ2v) is 3.08. The van der Waals surface area contributed by atoms with Gasteiger partial charge >= 0.3 is 5.97 Å². The van der Waals surface area contributed by atoms with Crippen LogP contribution in [-0.2, 0) is 11.3 Å². The lowest BCUT2D eigenvalue weighted by Gasteiger charge is -2.11. The van der Waals surface area contributed by atoms with Crippen molar-refractivity contribution < 1.29 is 23.0 Å². The van der Waals surface area contributed by atoms with E-state index in [0.29, 0.717) is 0 Å². The van der Waals surface area contributed by atoms with Crippen molar-refractivity contribution in [2.45, 2.75) is 13.0 Å². The summed E-state index contributed by atoms with van der Waals surface area (Å²) in [4.78, 5) is 15.1. The number of nitrogens with zero attached hydrogens (tertiary/aromatic N) is 1. The van der Waals surface area contributed by atoms with Gasteiger partial charge in [0.25, 0.3) is 6.43 Å². The van der Waals surface area contributed by atoms with E-state index in [1.165, 1.54) is 7.11 Å². The van der Waals surface area contributed by atoms with Crippen molar-refractivity contribution in [3.05, 3.63) is 22.9 Å². The van der Waals surface area contributed by atoms with Crippen LogP contribution in [0.1, 0.15) is 28.0 Å². The van der Waals surface area contributed by atoms with Gasteiger partial charge in [-0.25, -0.2) is 18.6 Å². The molecule has 7 heteroatoms. The molecule has 0 aliphatic heterocycles. The molecule has 0 bridgehead atoms. The Labute approximate surface area is 96.5 Å². The molecule has 0 atom stereocenters. The van der Waals surface area contributed by atoms with Gasteiger partial charge in [0.1, 0.15) is 5.56 Å². The van der Waals surface area contributed by atoms with Crippen molar-refractivity contribution in [3.8, 4) is 5.88 Å². The third-order valence-corrected chi connectivity index (χ3v) is 2.13. The van der Waals surface area contributed by atoms with Gasteiger partial charge in [0.05, 0.1) is 19.9 Å². The molecule has 0 radical (unpaired) electrons. The minimum Gasteiger partial charge on any atom is -0.480 e. The lowest BCUT2D eigenvalue weighted by atomic mass is 10.1. The zero-order valence-electron chi connectivity index (χ0n) is 9.37. The standard InChI is InChI=1S/C10H12F2N2O3/c1-16-9-6(10(15)17-2)3-5(8(11)12)7(4-13)14-9/h3,8H,4,13H2,1-2H3. The summed E-state index contributed by atoms with van der Waals surface area (Å²) in [6.45, 7) is -0.169. The van der Waals surface area contributed by atoms with Crippen molar-refractivity contribution in [1.82, 2.24) is 4.98 Å². The average molecular weight is 246 g/mol. The molecule has 0 aromatic carbocycles. The van der Waals surface area contributed by atoms with Gasteiger partial charge in [-0.3, -0.25) is 0 Å². The van der Waals surface area contributed by atoms with E-state index >= 15 is 0 Å². The van der Waals surface area contributed by atoms with Gasteiger partial charge in [-0.2, -0.15) is 0 Å². The van der Waals surface area contributed by atoms with Crippen LogP contribution in [0.5, 0.6) is 5.88 Å². The third kappa shape index (κ3) is 2.68. The highest BCUT2D eigenvalue weighted by Gasteiger charge is 2.22. The summed E-state index contributed by atoms with van der Waals surface area (Å²) in [7, 11) is 2.41. The Bertz CT molecular complexity index is 424. The van der Waals surface area contributed by atoms with E-state index in [-0.39, 0.29) is 23.7 Å². The number of halogens is 2. The lowest BCUT2D eigenvalue weighted by Crippen LogP contribution is -2.12. The maximum atomic E-state index is 12.7. The quantitative estimate of drug-likeness (QED) is 0.810. The molecule has 0 spiro atoms. The first-order valence-corrected chi connectivity index (χ1v) is 4.69. The van der Waals surface area contributed by atoms with E-state index in [4.69, 9.17) is 10.5 Å². The first-order chi connectivity index (χ1) is 8.04. The van der Waals surface area contributed by atoms with Gasteiger partial charge in [-0.1, -0.05) is 0 Å². The molecule has 2 N–H and O–H groups in total. The van der Waals surface area contributed by atoms with E-state index in [9.17, 15) is 13.6 Å². The molecule has 0 unspecified atom stereocenters. The van der Waals surface area contributed by atoms with Gasteiger partial charge in [0.15, 0.2) is 0 Å². The number of esters is 1. The SMILES string of the molecule is COC(=O)c1cc(C(F)F)c(CN)nc1OC. The molecule has 1 heterocycles. The minimum absolute atomic E-state index is 0.00972. The second kappa shape index (κ2) is 5.53. The van der Waals surface area contributed by atoms with Crippen LogP contribution in [0.4, 0.5) is 8.78 Å². The summed E-state index contributed by atoms with van der Waals surface area (Å²) in [5.41, 5.74) is 4.75. The number of carbonyl (C=O) groups is 1. The number of alkyl halides is 2. The van der Waals surface area contributed by atoms with Crippen LogP contribution >= 0.6 is 0 Å². The van der Waals surface area contributed by atoms with Crippen LogP contribution in [0.3, 0.4) is 0 Å². The first-order valence-electron chi connectivity index (χ1n) is 4.69. The number of ether oxygens (including phenoxy) is 2. The van der Waals surface area contributed by atoms with Gasteiger partial charge in [-0.05, 0) is 6.07 Å². The number of nitrogens with two attached hydrogens (primary N) is 1. The Balaban J connectivity index is 3.39. The molecule has 0 fully saturated rings. The van der Waals surface area contributed by atoms with Crippen molar-refractivity contribution in [1.29, 1.82) is 0 Å². The molecule has 0 saturated heterocycles. The fraction of sp³-hybridized carbons (Fsp3) is 0.400. The van der Waals surface area contributed by atoms with Crippen LogP contribution in [0, 0.1) is 0 Å². The van der Waals surface area contributed by atoms with E-state index in [1.807, 2.05) is 0 Å². The van der Waals surface area contributed by atoms with Crippen LogP contribution in [-0.4, -0.2) is 25.2 Å². The van der Waals surface area contributed by atoms with Crippen LogP contribution in [0.25, 0.3) is 0 Å². The van der Waals surface area contributed by atoms with E-state index in [2.05, 4.69) is 9.72 Å². The van der Waals surface area contributed by atoms with Gasteiger partial charge in [-0.15, -0.1) is 0 Å². The van der Waals surface area contributed by atoms with E-state index < -0.39 is 18.0 Å². The Kier molecular flexibility index (Phi) is 4.33. The summed E-state index contributed by atoms with van der Waals surface area (Å²) in [6, 6.07) is 0.991. The predicted octanol–water partition coefficient (Wildman–Crippen LogP) is 1.27. The minimum atomic E-state index is -2.77. The Morgan fingerprint density at radius 1 is 1.53 bits per heavy atom. The van der Waals surface area contributed by atoms with E-state index in [0.717, 1.165) is 13.2 Å². The maximum absolute atomic E-state index is 12.7. The van der Waals surface area contributed by atoms with Gasteiger partial charge in [0, 0.05) is 12.1 Å². The fourth-order valence-electron chi connectivity index (χ4n) is 1.31. The summed E-state index contributed by atoms with van der Waals surface area (Å²) < 4.78 is 34.7. The Morgan fingerprint density at radius 3 is 2.59 bits per heavy atom. The zero-order valence-corrected chi connectivity index (χ0v) is 9.37. The number of methoxy groups -OCH3 is 2. The summed E-state index contributed by atoms with van der Waals surface area (Å²) in [5.74, 6) is -0.874. The molecule has 0 saturated carbocycles. The van der Waals surface area contributed by atoms with Crippen molar-refractivity contribution >= 4 is 5.97 Å². The highest BCUT2D eigenvalue weighted by atomic mass is 19.3. The highest BCUT2D eigenvalue weighted by molar-refractivity contribution is 5.92. The molecule has 0 aliphatic carbocycles. The Morgan fingerprint density at radius 2 is 2.18 bits per heavy atom. The summed E-state index contributed by atoms with van der Waals surface area (Å²) in [6.07, 6.45) is -2.77. The molecule has 1 aromatic rings. The highest BCUT2D eigenvalue weighted by Crippen LogP contribution is 2.27. The molecular weight excluding hydrogens is 234 g/mol. The van der Waals surface area contributed by atoms with Crippen LogP contribution in [0.2, 0.25) is 0 Å². The summed E-state index contributed by atoms with van der Waals surface area (Å²) in [5, 5.41) is 0. The monoisotopic (exact) mass is 246 g/mol. The molecule has 1 aromatic heterocycles. The molecule has 0 amide bonds. The largest absolute Gasteiger partial charge is 0.480 e. The van der Waals surface area contributed by atoms with Gasteiger partial charge in [0.2, 0.25) is 5.88 Å². The average Bonchev–Trinajstić information content (AvgIpc) is 2.35. The lowest BCUT2D eigenvalue weighted by molar-refractivity contribution is 0.0595. The third-order valence-electron chi connectivity index (χ3n) is 2.13.